The summed E-state index contributed by atoms with van der Waals surface area (Å²) in [6.45, 7) is 4.08. The number of para-hydroxylation sites is 1. The molecular formula is C37H50N6O4. The lowest BCUT2D eigenvalue weighted by Crippen LogP contribution is -2.60. The van der Waals surface area contributed by atoms with Crippen LogP contribution in [-0.2, 0) is 19.2 Å². The van der Waals surface area contributed by atoms with Gasteiger partial charge in [0, 0.05) is 37.5 Å². The molecule has 2 fully saturated rings. The molecule has 3 N–H and O–H groups in total. The monoisotopic (exact) mass is 642 g/mol. The fourth-order valence-electron chi connectivity index (χ4n) is 6.98. The van der Waals surface area contributed by atoms with Gasteiger partial charge < -0.3 is 30.2 Å². The van der Waals surface area contributed by atoms with Crippen LogP contribution in [0.2, 0.25) is 0 Å². The summed E-state index contributed by atoms with van der Waals surface area (Å²) in [6, 6.07) is 14.6. The third-order valence-corrected chi connectivity index (χ3v) is 9.79. The van der Waals surface area contributed by atoms with Crippen molar-refractivity contribution in [3.8, 4) is 11.1 Å². The van der Waals surface area contributed by atoms with Gasteiger partial charge in [-0.3, -0.25) is 14.4 Å². The molecule has 5 rings (SSSR count). The van der Waals surface area contributed by atoms with Crippen LogP contribution in [0.25, 0.3) is 22.2 Å². The molecule has 0 aliphatic carbocycles. The Balaban J connectivity index is 1.30. The number of amides is 3. The number of rotatable bonds is 14. The van der Waals surface area contributed by atoms with Gasteiger partial charge in [-0.15, -0.1) is 0 Å². The Morgan fingerprint density at radius 1 is 0.936 bits per heavy atom. The zero-order valence-electron chi connectivity index (χ0n) is 28.1. The van der Waals surface area contributed by atoms with Crippen molar-refractivity contribution in [2.75, 3.05) is 20.1 Å². The fourth-order valence-corrected chi connectivity index (χ4v) is 6.98. The summed E-state index contributed by atoms with van der Waals surface area (Å²) in [6.07, 6.45) is 9.13. The minimum atomic E-state index is -0.851. The molecule has 0 radical (unpaired) electrons. The average molecular weight is 643 g/mol. The summed E-state index contributed by atoms with van der Waals surface area (Å²) in [5.41, 5.74) is 3.91. The van der Waals surface area contributed by atoms with Gasteiger partial charge in [0.25, 0.3) is 0 Å². The molecule has 0 saturated carbocycles. The number of likely N-dealkylation sites (N-methyl/N-ethyl adjacent to an activating group) is 1. The van der Waals surface area contributed by atoms with E-state index in [1.807, 2.05) is 35.2 Å². The van der Waals surface area contributed by atoms with E-state index in [-0.39, 0.29) is 42.1 Å². The third-order valence-electron chi connectivity index (χ3n) is 9.79. The highest BCUT2D eigenvalue weighted by molar-refractivity contribution is 5.93. The molecule has 3 aromatic rings. The first-order valence-corrected chi connectivity index (χ1v) is 17.4. The molecular weight excluding hydrogens is 592 g/mol. The lowest BCUT2D eigenvalue weighted by molar-refractivity contribution is -0.144. The van der Waals surface area contributed by atoms with Crippen molar-refractivity contribution in [1.82, 2.24) is 30.4 Å². The molecule has 10 heteroatoms. The van der Waals surface area contributed by atoms with Crippen molar-refractivity contribution in [2.45, 2.75) is 109 Å². The first-order chi connectivity index (χ1) is 22.8. The number of imidazole rings is 1. The molecule has 3 amide bonds. The SMILES string of the molecule is CNC(C)C(=O)NC1CN(C(=O)CCCCCCCCC(C)=O)CCC2CCC(c3nc4c(-c5ccccc5)cccc4[nH]3)N2C1=O. The predicted molar refractivity (Wildman–Crippen MR) is 183 cm³/mol. The number of aromatic nitrogens is 2. The van der Waals surface area contributed by atoms with Crippen molar-refractivity contribution in [1.29, 1.82) is 0 Å². The molecule has 2 aromatic carbocycles. The number of ketones is 1. The molecule has 3 heterocycles. The summed E-state index contributed by atoms with van der Waals surface area (Å²) < 4.78 is 0. The number of hydrogen-bond donors (Lipinski definition) is 3. The van der Waals surface area contributed by atoms with Crippen LogP contribution < -0.4 is 10.6 Å². The minimum Gasteiger partial charge on any atom is -0.341 e. The number of carbonyl (C=O) groups is 4. The van der Waals surface area contributed by atoms with Crippen molar-refractivity contribution in [3.63, 3.8) is 0 Å². The largest absolute Gasteiger partial charge is 0.341 e. The topological polar surface area (TPSA) is 128 Å². The quantitative estimate of drug-likeness (QED) is 0.205. The van der Waals surface area contributed by atoms with Crippen LogP contribution >= 0.6 is 0 Å². The Labute approximate surface area is 278 Å². The van der Waals surface area contributed by atoms with Gasteiger partial charge in [-0.05, 0) is 64.6 Å². The highest BCUT2D eigenvalue weighted by Crippen LogP contribution is 2.39. The second-order valence-electron chi connectivity index (χ2n) is 13.2. The minimum absolute atomic E-state index is 0.0315. The molecule has 252 valence electrons. The number of nitrogens with zero attached hydrogens (tertiary/aromatic N) is 3. The van der Waals surface area contributed by atoms with Crippen LogP contribution in [0.1, 0.15) is 96.3 Å². The number of carbonyl (C=O) groups excluding carboxylic acids is 4. The van der Waals surface area contributed by atoms with Crippen molar-refractivity contribution in [2.24, 2.45) is 0 Å². The van der Waals surface area contributed by atoms with Gasteiger partial charge in [-0.2, -0.15) is 0 Å². The summed E-state index contributed by atoms with van der Waals surface area (Å²) in [4.78, 5) is 64.4. The Morgan fingerprint density at radius 3 is 2.38 bits per heavy atom. The second kappa shape index (κ2) is 16.2. The molecule has 47 heavy (non-hydrogen) atoms. The maximum atomic E-state index is 14.4. The Bertz CT molecular complexity index is 1540. The van der Waals surface area contributed by atoms with E-state index >= 15 is 0 Å². The van der Waals surface area contributed by atoms with Crippen LogP contribution in [0.15, 0.2) is 48.5 Å². The Morgan fingerprint density at radius 2 is 1.66 bits per heavy atom. The van der Waals surface area contributed by atoms with Crippen LogP contribution in [0.5, 0.6) is 0 Å². The summed E-state index contributed by atoms with van der Waals surface area (Å²) >= 11 is 0. The Kier molecular flexibility index (Phi) is 11.8. The molecule has 2 aliphatic rings. The molecule has 4 atom stereocenters. The van der Waals surface area contributed by atoms with E-state index in [0.29, 0.717) is 25.8 Å². The van der Waals surface area contributed by atoms with E-state index in [0.717, 1.165) is 79.4 Å². The first kappa shape index (κ1) is 34.3. The van der Waals surface area contributed by atoms with Crippen LogP contribution in [0.4, 0.5) is 0 Å². The number of nitrogens with one attached hydrogen (secondary N) is 3. The molecule has 10 nitrogen and oxygen atoms in total. The van der Waals surface area contributed by atoms with Gasteiger partial charge in [0.05, 0.1) is 23.1 Å². The number of benzene rings is 2. The van der Waals surface area contributed by atoms with Crippen LogP contribution in [-0.4, -0.2) is 81.5 Å². The zero-order chi connectivity index (χ0) is 33.3. The molecule has 0 bridgehead atoms. The highest BCUT2D eigenvalue weighted by atomic mass is 16.2. The zero-order valence-corrected chi connectivity index (χ0v) is 28.1. The molecule has 2 saturated heterocycles. The number of aromatic amines is 1. The van der Waals surface area contributed by atoms with E-state index < -0.39 is 12.1 Å². The van der Waals surface area contributed by atoms with E-state index in [9.17, 15) is 19.2 Å². The number of hydrogen-bond acceptors (Lipinski definition) is 6. The van der Waals surface area contributed by atoms with Gasteiger partial charge >= 0.3 is 0 Å². The molecule has 0 spiro atoms. The van der Waals surface area contributed by atoms with Crippen molar-refractivity contribution >= 4 is 34.5 Å². The van der Waals surface area contributed by atoms with Gasteiger partial charge in [0.2, 0.25) is 17.7 Å². The smallest absolute Gasteiger partial charge is 0.247 e. The molecule has 2 aliphatic heterocycles. The normalized spacial score (nSPS) is 20.5. The van der Waals surface area contributed by atoms with E-state index in [1.165, 1.54) is 0 Å². The second-order valence-corrected chi connectivity index (χ2v) is 13.2. The highest BCUT2D eigenvalue weighted by Gasteiger charge is 2.44. The molecule has 4 unspecified atom stereocenters. The van der Waals surface area contributed by atoms with Gasteiger partial charge in [0.15, 0.2) is 0 Å². The number of fused-ring (bicyclic) bond motifs is 2. The maximum absolute atomic E-state index is 14.4. The van der Waals surface area contributed by atoms with Crippen molar-refractivity contribution < 1.29 is 19.2 Å². The van der Waals surface area contributed by atoms with Gasteiger partial charge in [-0.25, -0.2) is 4.98 Å². The standard InChI is InChI=1S/C37H50N6O4/c1-25(44)14-9-6-4-5-7-12-19-33(45)42-23-22-28-20-21-32(43(28)37(47)31(24-42)40-36(46)26(2)38-3)35-39-30-18-13-17-29(34(30)41-35)27-15-10-8-11-16-27/h8,10-11,13,15-18,26,28,31-32,38H,4-7,9,12,14,19-24H2,1-3H3,(H,39,41)(H,40,46). The van der Waals surface area contributed by atoms with E-state index in [4.69, 9.17) is 4.98 Å². The van der Waals surface area contributed by atoms with Gasteiger partial charge in [-0.1, -0.05) is 68.1 Å². The lowest BCUT2D eigenvalue weighted by Gasteiger charge is -2.39. The average Bonchev–Trinajstić information content (AvgIpc) is 3.70. The Hall–Kier alpha value is -4.05. The number of H-pyrrole nitrogens is 1. The maximum Gasteiger partial charge on any atom is 0.247 e. The first-order valence-electron chi connectivity index (χ1n) is 17.4. The third kappa shape index (κ3) is 8.46. The number of Topliss-reactive ketones (excluding diaryl/α,β-unsaturated/α-hetero) is 1. The lowest BCUT2D eigenvalue weighted by atomic mass is 10.0. The fraction of sp³-hybridized carbons (Fsp3) is 0.541. The van der Waals surface area contributed by atoms with Crippen molar-refractivity contribution in [3.05, 3.63) is 54.4 Å². The summed E-state index contributed by atoms with van der Waals surface area (Å²) in [5, 5.41) is 5.93. The number of unbranched alkanes of at least 4 members (excludes halogenated alkanes) is 5. The summed E-state index contributed by atoms with van der Waals surface area (Å²) in [5.74, 6) is 0.584. The van der Waals surface area contributed by atoms with E-state index in [2.05, 4.69) is 33.8 Å². The van der Waals surface area contributed by atoms with E-state index in [1.54, 1.807) is 25.8 Å². The predicted octanol–water partition coefficient (Wildman–Crippen LogP) is 5.30. The van der Waals surface area contributed by atoms with Crippen LogP contribution in [0, 0.1) is 0 Å². The summed E-state index contributed by atoms with van der Waals surface area (Å²) in [7, 11) is 1.71. The van der Waals surface area contributed by atoms with Crippen LogP contribution in [0.3, 0.4) is 0 Å². The molecule has 1 aromatic heterocycles. The van der Waals surface area contributed by atoms with Gasteiger partial charge in [0.1, 0.15) is 17.6 Å².